The first-order valence-corrected chi connectivity index (χ1v) is 8.01. The Morgan fingerprint density at radius 2 is 2.04 bits per heavy atom. The Bertz CT molecular complexity index is 1100. The van der Waals surface area contributed by atoms with Gasteiger partial charge in [0.15, 0.2) is 0 Å². The molecule has 2 heterocycles. The van der Waals surface area contributed by atoms with Crippen molar-refractivity contribution >= 4 is 27.7 Å². The van der Waals surface area contributed by atoms with E-state index < -0.39 is 0 Å². The van der Waals surface area contributed by atoms with E-state index in [2.05, 4.69) is 15.3 Å². The molecule has 0 aliphatic carbocycles. The Kier molecular flexibility index (Phi) is 3.69. The van der Waals surface area contributed by atoms with Gasteiger partial charge in [0.25, 0.3) is 5.91 Å². The van der Waals surface area contributed by atoms with Crippen molar-refractivity contribution < 1.29 is 9.18 Å². The zero-order valence-electron chi connectivity index (χ0n) is 13.6. The quantitative estimate of drug-likeness (QED) is 0.593. The van der Waals surface area contributed by atoms with Gasteiger partial charge in [-0.05, 0) is 55.0 Å². The number of aromatic nitrogens is 2. The lowest BCUT2D eigenvalue weighted by Gasteiger charge is -2.06. The lowest BCUT2D eigenvalue weighted by atomic mass is 10.1. The molecule has 2 N–H and O–H groups in total. The fraction of sp³-hybridized carbons (Fsp3) is 0.100. The van der Waals surface area contributed by atoms with E-state index in [-0.39, 0.29) is 11.7 Å². The number of aromatic amines is 1. The summed E-state index contributed by atoms with van der Waals surface area (Å²) in [7, 11) is 0. The minimum absolute atomic E-state index is 0.173. The molecule has 0 fully saturated rings. The van der Waals surface area contributed by atoms with Gasteiger partial charge in [0, 0.05) is 40.3 Å². The number of nitrogens with zero attached hydrogens (tertiary/aromatic N) is 1. The molecule has 5 heteroatoms. The fourth-order valence-corrected chi connectivity index (χ4v) is 2.94. The van der Waals surface area contributed by atoms with E-state index in [1.807, 2.05) is 31.2 Å². The smallest absolute Gasteiger partial charge is 0.251 e. The van der Waals surface area contributed by atoms with Crippen LogP contribution in [-0.4, -0.2) is 15.9 Å². The highest BCUT2D eigenvalue weighted by Gasteiger charge is 2.09. The van der Waals surface area contributed by atoms with Crippen LogP contribution in [0.2, 0.25) is 0 Å². The van der Waals surface area contributed by atoms with Crippen LogP contribution in [0.25, 0.3) is 21.8 Å². The molecule has 1 amide bonds. The zero-order valence-corrected chi connectivity index (χ0v) is 13.6. The van der Waals surface area contributed by atoms with Gasteiger partial charge < -0.3 is 10.3 Å². The number of benzene rings is 2. The minimum atomic E-state index is -0.294. The molecule has 4 rings (SSSR count). The van der Waals surface area contributed by atoms with Crippen molar-refractivity contribution in [3.8, 4) is 0 Å². The van der Waals surface area contributed by atoms with Gasteiger partial charge in [0.2, 0.25) is 0 Å². The maximum Gasteiger partial charge on any atom is 0.251 e. The number of aryl methyl sites for hydroxylation is 1. The topological polar surface area (TPSA) is 57.8 Å². The average Bonchev–Trinajstić information content (AvgIpc) is 3.01. The molecule has 0 bridgehead atoms. The normalized spacial score (nSPS) is 11.1. The van der Waals surface area contributed by atoms with Crippen LogP contribution in [0.1, 0.15) is 21.6 Å². The Balaban J connectivity index is 1.55. The van der Waals surface area contributed by atoms with Crippen molar-refractivity contribution in [1.82, 2.24) is 15.3 Å². The third kappa shape index (κ3) is 2.96. The molecule has 4 nitrogen and oxygen atoms in total. The van der Waals surface area contributed by atoms with Crippen LogP contribution in [0.3, 0.4) is 0 Å². The lowest BCUT2D eigenvalue weighted by molar-refractivity contribution is 0.0951. The second-order valence-electron chi connectivity index (χ2n) is 6.05. The molecule has 2 aromatic carbocycles. The van der Waals surface area contributed by atoms with Gasteiger partial charge in [0.05, 0.1) is 5.52 Å². The lowest BCUT2D eigenvalue weighted by Crippen LogP contribution is -2.22. The number of halogens is 1. The third-order valence-corrected chi connectivity index (χ3v) is 4.26. The Hall–Kier alpha value is -3.21. The van der Waals surface area contributed by atoms with E-state index in [1.165, 1.54) is 12.1 Å². The molecule has 0 saturated heterocycles. The SMILES string of the molecule is Cc1ccc2cc(C(=O)NCc3c[nH]c4ccc(F)cc34)ccc2n1. The first-order valence-electron chi connectivity index (χ1n) is 8.01. The highest BCUT2D eigenvalue weighted by molar-refractivity contribution is 5.98. The minimum Gasteiger partial charge on any atom is -0.361 e. The standard InChI is InChI=1S/C20H16FN3O/c1-12-2-3-13-8-14(4-6-18(13)24-12)20(25)23-11-15-10-22-19-7-5-16(21)9-17(15)19/h2-10,22H,11H2,1H3,(H,23,25). The molecule has 0 radical (unpaired) electrons. The monoisotopic (exact) mass is 333 g/mol. The van der Waals surface area contributed by atoms with Crippen LogP contribution < -0.4 is 5.32 Å². The maximum absolute atomic E-state index is 13.4. The number of nitrogens with one attached hydrogen (secondary N) is 2. The Morgan fingerprint density at radius 1 is 1.16 bits per heavy atom. The molecule has 0 aliphatic heterocycles. The summed E-state index contributed by atoms with van der Waals surface area (Å²) in [6, 6.07) is 13.9. The van der Waals surface area contributed by atoms with Crippen molar-refractivity contribution in [1.29, 1.82) is 0 Å². The molecular formula is C20H16FN3O. The number of H-pyrrole nitrogens is 1. The summed E-state index contributed by atoms with van der Waals surface area (Å²) in [6.45, 7) is 2.26. The number of hydrogen-bond donors (Lipinski definition) is 2. The van der Waals surface area contributed by atoms with Gasteiger partial charge in [-0.15, -0.1) is 0 Å². The molecule has 2 aromatic heterocycles. The van der Waals surface area contributed by atoms with Crippen molar-refractivity contribution in [2.24, 2.45) is 0 Å². The number of amides is 1. The Labute approximate surface area is 143 Å². The van der Waals surface area contributed by atoms with Crippen molar-refractivity contribution in [3.63, 3.8) is 0 Å². The summed E-state index contributed by atoms with van der Waals surface area (Å²) in [5, 5.41) is 4.59. The van der Waals surface area contributed by atoms with E-state index in [1.54, 1.807) is 18.3 Å². The van der Waals surface area contributed by atoms with Gasteiger partial charge in [-0.3, -0.25) is 9.78 Å². The average molecular weight is 333 g/mol. The van der Waals surface area contributed by atoms with Crippen LogP contribution in [0.5, 0.6) is 0 Å². The molecule has 0 aliphatic rings. The van der Waals surface area contributed by atoms with Crippen LogP contribution in [0.4, 0.5) is 4.39 Å². The number of carbonyl (C=O) groups excluding carboxylic acids is 1. The summed E-state index contributed by atoms with van der Waals surface area (Å²) in [6.07, 6.45) is 1.79. The molecule has 4 aromatic rings. The molecule has 0 atom stereocenters. The van der Waals surface area contributed by atoms with Crippen molar-refractivity contribution in [2.45, 2.75) is 13.5 Å². The predicted molar refractivity (Wildman–Crippen MR) is 95.9 cm³/mol. The number of fused-ring (bicyclic) bond motifs is 2. The first kappa shape index (κ1) is 15.3. The predicted octanol–water partition coefficient (Wildman–Crippen LogP) is 4.09. The molecular weight excluding hydrogens is 317 g/mol. The number of rotatable bonds is 3. The van der Waals surface area contributed by atoms with Gasteiger partial charge >= 0.3 is 0 Å². The van der Waals surface area contributed by atoms with E-state index in [4.69, 9.17) is 0 Å². The summed E-state index contributed by atoms with van der Waals surface area (Å²) >= 11 is 0. The number of hydrogen-bond acceptors (Lipinski definition) is 2. The third-order valence-electron chi connectivity index (χ3n) is 4.26. The van der Waals surface area contributed by atoms with Crippen LogP contribution in [0.15, 0.2) is 54.7 Å². The van der Waals surface area contributed by atoms with E-state index in [9.17, 15) is 9.18 Å². The second kappa shape index (κ2) is 6.02. The summed E-state index contributed by atoms with van der Waals surface area (Å²) < 4.78 is 13.4. The van der Waals surface area contributed by atoms with E-state index in [0.717, 1.165) is 33.1 Å². The second-order valence-corrected chi connectivity index (χ2v) is 6.05. The highest BCUT2D eigenvalue weighted by Crippen LogP contribution is 2.20. The van der Waals surface area contributed by atoms with E-state index in [0.29, 0.717) is 12.1 Å². The van der Waals surface area contributed by atoms with Crippen LogP contribution in [0, 0.1) is 12.7 Å². The van der Waals surface area contributed by atoms with Crippen LogP contribution >= 0.6 is 0 Å². The fourth-order valence-electron chi connectivity index (χ4n) is 2.94. The summed E-state index contributed by atoms with van der Waals surface area (Å²) in [4.78, 5) is 20.0. The molecule has 0 spiro atoms. The van der Waals surface area contributed by atoms with E-state index >= 15 is 0 Å². The largest absolute Gasteiger partial charge is 0.361 e. The highest BCUT2D eigenvalue weighted by atomic mass is 19.1. The van der Waals surface area contributed by atoms with Crippen molar-refractivity contribution in [3.05, 3.63) is 77.4 Å². The number of carbonyl (C=O) groups is 1. The van der Waals surface area contributed by atoms with Gasteiger partial charge in [-0.1, -0.05) is 6.07 Å². The molecule has 124 valence electrons. The molecule has 25 heavy (non-hydrogen) atoms. The van der Waals surface area contributed by atoms with Gasteiger partial charge in [-0.2, -0.15) is 0 Å². The van der Waals surface area contributed by atoms with Gasteiger partial charge in [0.1, 0.15) is 5.82 Å². The van der Waals surface area contributed by atoms with Crippen molar-refractivity contribution in [2.75, 3.05) is 0 Å². The Morgan fingerprint density at radius 3 is 2.92 bits per heavy atom. The zero-order chi connectivity index (χ0) is 17.4. The number of pyridine rings is 1. The molecule has 0 saturated carbocycles. The summed E-state index contributed by atoms with van der Waals surface area (Å²) in [5.74, 6) is -0.467. The molecule has 0 unspecified atom stereocenters. The first-order chi connectivity index (χ1) is 12.1. The van der Waals surface area contributed by atoms with Crippen LogP contribution in [-0.2, 0) is 6.54 Å². The maximum atomic E-state index is 13.4. The van der Waals surface area contributed by atoms with Gasteiger partial charge in [-0.25, -0.2) is 4.39 Å². The summed E-state index contributed by atoms with van der Waals surface area (Å²) in [5.41, 5.74) is 4.07.